The Kier molecular flexibility index (Phi) is 11.8. The van der Waals surface area contributed by atoms with Crippen molar-refractivity contribution < 1.29 is 18.7 Å². The molecule has 0 bridgehead atoms. The van der Waals surface area contributed by atoms with E-state index in [-0.39, 0.29) is 18.5 Å². The van der Waals surface area contributed by atoms with Crippen LogP contribution in [0.2, 0.25) is 0 Å². The van der Waals surface area contributed by atoms with Gasteiger partial charge in [0.15, 0.2) is 0 Å². The fourth-order valence-electron chi connectivity index (χ4n) is 7.45. The molecule has 5 rings (SSSR count). The van der Waals surface area contributed by atoms with Crippen LogP contribution in [0.25, 0.3) is 17.0 Å². The average Bonchev–Trinajstić information content (AvgIpc) is 3.08. The molecule has 0 spiro atoms. The van der Waals surface area contributed by atoms with E-state index in [1.54, 1.807) is 17.0 Å². The van der Waals surface area contributed by atoms with E-state index in [0.29, 0.717) is 29.4 Å². The molecule has 1 atom stereocenters. The highest BCUT2D eigenvalue weighted by molar-refractivity contribution is 5.93. The molecule has 2 saturated carbocycles. The van der Waals surface area contributed by atoms with Gasteiger partial charge in [0.1, 0.15) is 11.7 Å². The highest BCUT2D eigenvalue weighted by atomic mass is 16.5. The fourth-order valence-corrected chi connectivity index (χ4v) is 7.45. The molecule has 1 aromatic heterocycles. The summed E-state index contributed by atoms with van der Waals surface area (Å²) in [5.41, 5.74) is 6.38. The summed E-state index contributed by atoms with van der Waals surface area (Å²) < 4.78 is 11.9. The molecule has 3 aromatic rings. The molecular formula is C40H53N3O5. The van der Waals surface area contributed by atoms with Crippen molar-refractivity contribution in [3.63, 3.8) is 0 Å². The standard InChI is InChI=1S/C40H53N3O5/c1-26-21-30(22-27(2)28(26)3)17-20-38(44)47-34(25-42(5)32-13-9-7-10-14-32)24-36-29(4)35-19-18-31(23-37(35)48-39(36)45)41-40(46)43(6)33-15-11-8-12-16-33/h17-23,32-34H,7-16,24-25H2,1-6H3,(H,41,46). The third kappa shape index (κ3) is 8.76. The lowest BCUT2D eigenvalue weighted by molar-refractivity contribution is -0.144. The number of rotatable bonds is 10. The Morgan fingerprint density at radius 1 is 0.896 bits per heavy atom. The predicted molar refractivity (Wildman–Crippen MR) is 194 cm³/mol. The van der Waals surface area contributed by atoms with Crippen LogP contribution in [-0.4, -0.2) is 60.6 Å². The quantitative estimate of drug-likeness (QED) is 0.134. The first-order chi connectivity index (χ1) is 23.0. The number of fused-ring (bicyclic) bond motifs is 1. The maximum Gasteiger partial charge on any atom is 0.339 e. The summed E-state index contributed by atoms with van der Waals surface area (Å²) >= 11 is 0. The average molecular weight is 656 g/mol. The largest absolute Gasteiger partial charge is 0.457 e. The van der Waals surface area contributed by atoms with Crippen LogP contribution in [-0.2, 0) is 16.0 Å². The summed E-state index contributed by atoms with van der Waals surface area (Å²) in [5, 5.41) is 3.77. The van der Waals surface area contributed by atoms with Crippen molar-refractivity contribution in [2.75, 3.05) is 26.0 Å². The van der Waals surface area contributed by atoms with Crippen LogP contribution in [0, 0.1) is 27.7 Å². The molecule has 258 valence electrons. The Hall–Kier alpha value is -3.91. The van der Waals surface area contributed by atoms with Gasteiger partial charge >= 0.3 is 17.6 Å². The third-order valence-corrected chi connectivity index (χ3v) is 10.7. The number of ether oxygens (including phenoxy) is 1. The summed E-state index contributed by atoms with van der Waals surface area (Å²) in [7, 11) is 3.93. The van der Waals surface area contributed by atoms with Crippen LogP contribution in [0.3, 0.4) is 0 Å². The van der Waals surface area contributed by atoms with Crippen molar-refractivity contribution in [3.05, 3.63) is 80.2 Å². The predicted octanol–water partition coefficient (Wildman–Crippen LogP) is 8.26. The molecule has 1 N–H and O–H groups in total. The third-order valence-electron chi connectivity index (χ3n) is 10.7. The van der Waals surface area contributed by atoms with Crippen molar-refractivity contribution in [1.82, 2.24) is 9.80 Å². The Labute approximate surface area is 285 Å². The van der Waals surface area contributed by atoms with Crippen molar-refractivity contribution in [2.24, 2.45) is 0 Å². The lowest BCUT2D eigenvalue weighted by Gasteiger charge is -2.33. The number of urea groups is 1. The second kappa shape index (κ2) is 16.0. The van der Waals surface area contributed by atoms with Crippen molar-refractivity contribution >= 4 is 34.7 Å². The van der Waals surface area contributed by atoms with E-state index < -0.39 is 17.7 Å². The molecule has 2 aromatic carbocycles. The number of amides is 2. The molecule has 2 amide bonds. The molecular weight excluding hydrogens is 602 g/mol. The van der Waals surface area contributed by atoms with Crippen molar-refractivity contribution in [2.45, 2.75) is 117 Å². The van der Waals surface area contributed by atoms with Crippen LogP contribution >= 0.6 is 0 Å². The SMILES string of the molecule is Cc1cc(C=CC(=O)OC(Cc2c(C)c3ccc(NC(=O)N(C)C4CCCCC4)cc3oc2=O)CN(C)C2CCCCC2)cc(C)c1C. The highest BCUT2D eigenvalue weighted by Crippen LogP contribution is 2.27. The van der Waals surface area contributed by atoms with Crippen LogP contribution in [0.4, 0.5) is 10.5 Å². The first-order valence-electron chi connectivity index (χ1n) is 17.8. The van der Waals surface area contributed by atoms with E-state index in [1.165, 1.54) is 48.4 Å². The molecule has 2 aliphatic rings. The smallest absolute Gasteiger partial charge is 0.339 e. The van der Waals surface area contributed by atoms with Crippen LogP contribution in [0.1, 0.15) is 97.6 Å². The fraction of sp³-hybridized carbons (Fsp3) is 0.525. The summed E-state index contributed by atoms with van der Waals surface area (Å²) in [4.78, 5) is 43.7. The Morgan fingerprint density at radius 2 is 1.52 bits per heavy atom. The van der Waals surface area contributed by atoms with E-state index in [0.717, 1.165) is 55.0 Å². The maximum absolute atomic E-state index is 13.5. The number of esters is 1. The minimum Gasteiger partial charge on any atom is -0.457 e. The maximum atomic E-state index is 13.5. The Morgan fingerprint density at radius 3 is 2.17 bits per heavy atom. The van der Waals surface area contributed by atoms with Crippen LogP contribution < -0.4 is 10.9 Å². The van der Waals surface area contributed by atoms with Crippen LogP contribution in [0.5, 0.6) is 0 Å². The number of hydrogen-bond acceptors (Lipinski definition) is 6. The highest BCUT2D eigenvalue weighted by Gasteiger charge is 2.26. The number of aryl methyl sites for hydroxylation is 3. The Bertz CT molecular complexity index is 1670. The lowest BCUT2D eigenvalue weighted by atomic mass is 9.94. The first-order valence-corrected chi connectivity index (χ1v) is 17.8. The van der Waals surface area contributed by atoms with E-state index in [4.69, 9.17) is 9.15 Å². The topological polar surface area (TPSA) is 92.1 Å². The summed E-state index contributed by atoms with van der Waals surface area (Å²) in [6, 6.07) is 10.1. The zero-order valence-electron chi connectivity index (χ0n) is 29.7. The molecule has 1 unspecified atom stereocenters. The number of carbonyl (C=O) groups excluding carboxylic acids is 2. The van der Waals surface area contributed by atoms with Gasteiger partial charge in [-0.3, -0.25) is 4.90 Å². The summed E-state index contributed by atoms with van der Waals surface area (Å²) in [6.45, 7) is 8.67. The second-order valence-corrected chi connectivity index (χ2v) is 14.1. The van der Waals surface area contributed by atoms with Gasteiger partial charge in [-0.25, -0.2) is 14.4 Å². The summed E-state index contributed by atoms with van der Waals surface area (Å²) in [5.74, 6) is -0.436. The van der Waals surface area contributed by atoms with Gasteiger partial charge in [0.05, 0.1) is 0 Å². The lowest BCUT2D eigenvalue weighted by Crippen LogP contribution is -2.41. The van der Waals surface area contributed by atoms with Gasteiger partial charge in [-0.05, 0) is 106 Å². The zero-order valence-corrected chi connectivity index (χ0v) is 29.7. The van der Waals surface area contributed by atoms with Gasteiger partial charge < -0.3 is 19.4 Å². The first kappa shape index (κ1) is 35.4. The number of hydrogen-bond donors (Lipinski definition) is 1. The van der Waals surface area contributed by atoms with Gasteiger partial charge in [-0.15, -0.1) is 0 Å². The van der Waals surface area contributed by atoms with E-state index in [2.05, 4.69) is 50.2 Å². The van der Waals surface area contributed by atoms with Crippen LogP contribution in [0.15, 0.2) is 45.6 Å². The molecule has 8 nitrogen and oxygen atoms in total. The summed E-state index contributed by atoms with van der Waals surface area (Å²) in [6.07, 6.45) is 14.4. The second-order valence-electron chi connectivity index (χ2n) is 14.1. The Balaban J connectivity index is 1.34. The minimum atomic E-state index is -0.538. The van der Waals surface area contributed by atoms with E-state index >= 15 is 0 Å². The normalized spacial score (nSPS) is 16.8. The molecule has 2 fully saturated rings. The number of likely N-dealkylation sites (N-methyl/N-ethyl adjacent to an activating group) is 1. The number of anilines is 1. The van der Waals surface area contributed by atoms with Crippen molar-refractivity contribution in [1.29, 1.82) is 0 Å². The molecule has 0 radical (unpaired) electrons. The number of nitrogens with zero attached hydrogens (tertiary/aromatic N) is 2. The van der Waals surface area contributed by atoms with Gasteiger partial charge in [-0.1, -0.05) is 50.7 Å². The monoisotopic (exact) mass is 655 g/mol. The minimum absolute atomic E-state index is 0.162. The van der Waals surface area contributed by atoms with Gasteiger partial charge in [0.2, 0.25) is 0 Å². The molecule has 0 saturated heterocycles. The molecule has 2 aliphatic carbocycles. The van der Waals surface area contributed by atoms with Gasteiger partial charge in [0.25, 0.3) is 0 Å². The number of benzene rings is 2. The van der Waals surface area contributed by atoms with Gasteiger partial charge in [0, 0.05) is 60.9 Å². The number of carbonyl (C=O) groups is 2. The zero-order chi connectivity index (χ0) is 34.4. The van der Waals surface area contributed by atoms with E-state index in [1.807, 2.05) is 26.1 Å². The van der Waals surface area contributed by atoms with E-state index in [9.17, 15) is 14.4 Å². The molecule has 0 aliphatic heterocycles. The van der Waals surface area contributed by atoms with Crippen molar-refractivity contribution in [3.8, 4) is 0 Å². The molecule has 8 heteroatoms. The molecule has 1 heterocycles. The molecule has 48 heavy (non-hydrogen) atoms. The van der Waals surface area contributed by atoms with Gasteiger partial charge in [-0.2, -0.15) is 0 Å². The number of nitrogens with one attached hydrogen (secondary N) is 1.